The van der Waals surface area contributed by atoms with Crippen LogP contribution in [0.15, 0.2) is 11.6 Å². The van der Waals surface area contributed by atoms with Crippen molar-refractivity contribution in [3.05, 3.63) is 11.6 Å². The maximum atomic E-state index is 12.5. The van der Waals surface area contributed by atoms with Crippen LogP contribution in [0.25, 0.3) is 0 Å². The van der Waals surface area contributed by atoms with Gasteiger partial charge >= 0.3 is 6.18 Å². The monoisotopic (exact) mass is 499 g/mol. The molecule has 4 rings (SSSR count). The fourth-order valence-corrected chi connectivity index (χ4v) is 8.70. The van der Waals surface area contributed by atoms with E-state index in [1.165, 1.54) is 38.3 Å². The number of nitrogens with zero attached hydrogens (tertiary/aromatic N) is 1. The first-order valence-corrected chi connectivity index (χ1v) is 13.7. The standard InChI is InChI=1S/C28H44F3NO3/c1-18(5-10-25(34)32(4)35-16-15-28(29,30)31)22-8-9-23-21-7-6-19-17-20(33)11-13-26(19,2)24(21)12-14-27(22,23)3/h6,18,20-24,33H,5,7-17H2,1-4H3/t18?,20-,21-,22+,23-,24-,26-,27+/m0/s1. The van der Waals surface area contributed by atoms with Crippen molar-refractivity contribution in [1.29, 1.82) is 0 Å². The third-order valence-electron chi connectivity index (χ3n) is 10.7. The number of hydroxylamine groups is 2. The molecule has 0 radical (unpaired) electrons. The van der Waals surface area contributed by atoms with Crippen LogP contribution < -0.4 is 0 Å². The van der Waals surface area contributed by atoms with Gasteiger partial charge in [0, 0.05) is 13.5 Å². The molecule has 7 heteroatoms. The zero-order chi connectivity index (χ0) is 25.6. The van der Waals surface area contributed by atoms with Gasteiger partial charge in [-0.25, -0.2) is 5.06 Å². The number of rotatable bonds is 7. The Balaban J connectivity index is 1.34. The molecule has 4 aliphatic rings. The van der Waals surface area contributed by atoms with Gasteiger partial charge in [-0.2, -0.15) is 13.2 Å². The van der Waals surface area contributed by atoms with Crippen LogP contribution in [0.2, 0.25) is 0 Å². The van der Waals surface area contributed by atoms with Crippen LogP contribution >= 0.6 is 0 Å². The Bertz CT molecular complexity index is 814. The molecule has 0 bridgehead atoms. The summed E-state index contributed by atoms with van der Waals surface area (Å²) in [5.41, 5.74) is 2.04. The van der Waals surface area contributed by atoms with E-state index in [1.807, 2.05) is 0 Å². The minimum Gasteiger partial charge on any atom is -0.393 e. The summed E-state index contributed by atoms with van der Waals surface area (Å²) in [5, 5.41) is 11.2. The molecule has 0 spiro atoms. The number of carbonyl (C=O) groups excluding carboxylic acids is 1. The topological polar surface area (TPSA) is 49.8 Å². The molecule has 4 aliphatic carbocycles. The maximum absolute atomic E-state index is 12.5. The summed E-state index contributed by atoms with van der Waals surface area (Å²) < 4.78 is 37.0. The van der Waals surface area contributed by atoms with Crippen LogP contribution in [0, 0.1) is 40.4 Å². The number of hydrogen-bond acceptors (Lipinski definition) is 3. The molecule has 0 heterocycles. The Labute approximate surface area is 208 Å². The highest BCUT2D eigenvalue weighted by Gasteiger charge is 2.59. The molecule has 3 fully saturated rings. The second kappa shape index (κ2) is 10.00. The first-order valence-electron chi connectivity index (χ1n) is 13.7. The molecule has 0 aliphatic heterocycles. The first-order chi connectivity index (χ1) is 16.3. The number of hydrogen-bond donors (Lipinski definition) is 1. The SMILES string of the molecule is CC(CCC(=O)N(C)OCCC(F)(F)F)[C@H]1CC[C@H]2[C@@H]3CC=C4C[C@@H](O)CC[C@]4(C)[C@H]3CC[C@]12C. The van der Waals surface area contributed by atoms with Gasteiger partial charge in [0.15, 0.2) is 0 Å². The van der Waals surface area contributed by atoms with E-state index in [0.29, 0.717) is 36.0 Å². The number of aliphatic hydroxyl groups excluding tert-OH is 1. The lowest BCUT2D eigenvalue weighted by Crippen LogP contribution is -2.50. The number of allylic oxidation sites excluding steroid dienone is 1. The maximum Gasteiger partial charge on any atom is 0.391 e. The van der Waals surface area contributed by atoms with Crippen molar-refractivity contribution in [1.82, 2.24) is 5.06 Å². The average Bonchev–Trinajstić information content (AvgIpc) is 3.14. The summed E-state index contributed by atoms with van der Waals surface area (Å²) in [6, 6.07) is 0. The van der Waals surface area contributed by atoms with E-state index >= 15 is 0 Å². The van der Waals surface area contributed by atoms with Gasteiger partial charge < -0.3 is 5.11 Å². The third-order valence-corrected chi connectivity index (χ3v) is 10.7. The van der Waals surface area contributed by atoms with Gasteiger partial charge in [0.25, 0.3) is 0 Å². The van der Waals surface area contributed by atoms with Crippen molar-refractivity contribution < 1.29 is 27.9 Å². The van der Waals surface area contributed by atoms with Crippen molar-refractivity contribution in [2.45, 2.75) is 104 Å². The molecular formula is C28H44F3NO3. The predicted octanol–water partition coefficient (Wildman–Crippen LogP) is 6.69. The predicted molar refractivity (Wildman–Crippen MR) is 129 cm³/mol. The van der Waals surface area contributed by atoms with Crippen LogP contribution in [0.5, 0.6) is 0 Å². The summed E-state index contributed by atoms with van der Waals surface area (Å²) >= 11 is 0. The average molecular weight is 500 g/mol. The van der Waals surface area contributed by atoms with E-state index in [9.17, 15) is 23.1 Å². The van der Waals surface area contributed by atoms with Crippen LogP contribution in [0.1, 0.15) is 91.4 Å². The summed E-state index contributed by atoms with van der Waals surface area (Å²) in [6.07, 6.45) is 6.95. The van der Waals surface area contributed by atoms with E-state index in [2.05, 4.69) is 26.8 Å². The summed E-state index contributed by atoms with van der Waals surface area (Å²) in [7, 11) is 1.41. The fraction of sp³-hybridized carbons (Fsp3) is 0.893. The first kappa shape index (κ1) is 27.0. The smallest absolute Gasteiger partial charge is 0.391 e. The Morgan fingerprint density at radius 2 is 1.94 bits per heavy atom. The lowest BCUT2D eigenvalue weighted by atomic mass is 9.47. The van der Waals surface area contributed by atoms with Gasteiger partial charge in [0.05, 0.1) is 19.1 Å². The number of carbonyl (C=O) groups is 1. The molecule has 1 unspecified atom stereocenters. The molecule has 8 atom stereocenters. The molecule has 0 aromatic carbocycles. The molecule has 4 nitrogen and oxygen atoms in total. The van der Waals surface area contributed by atoms with E-state index in [0.717, 1.165) is 37.2 Å². The number of alkyl halides is 3. The lowest BCUT2D eigenvalue weighted by molar-refractivity contribution is -0.198. The van der Waals surface area contributed by atoms with Gasteiger partial charge in [-0.15, -0.1) is 0 Å². The van der Waals surface area contributed by atoms with Crippen LogP contribution in [0.4, 0.5) is 13.2 Å². The molecule has 3 saturated carbocycles. The highest BCUT2D eigenvalue weighted by molar-refractivity contribution is 5.74. The molecule has 0 aromatic heterocycles. The molecule has 1 amide bonds. The van der Waals surface area contributed by atoms with Crippen molar-refractivity contribution in [3.63, 3.8) is 0 Å². The molecule has 35 heavy (non-hydrogen) atoms. The summed E-state index contributed by atoms with van der Waals surface area (Å²) in [6.45, 7) is 6.67. The molecule has 1 N–H and O–H groups in total. The van der Waals surface area contributed by atoms with Crippen molar-refractivity contribution in [2.75, 3.05) is 13.7 Å². The largest absolute Gasteiger partial charge is 0.393 e. The second-order valence-electron chi connectivity index (χ2n) is 12.5. The van der Waals surface area contributed by atoms with Gasteiger partial charge in [0.2, 0.25) is 5.91 Å². The lowest BCUT2D eigenvalue weighted by Gasteiger charge is -2.58. The van der Waals surface area contributed by atoms with Gasteiger partial charge in [-0.1, -0.05) is 32.4 Å². The zero-order valence-electron chi connectivity index (χ0n) is 21.9. The molecule has 0 aromatic rings. The normalized spacial score (nSPS) is 39.8. The van der Waals surface area contributed by atoms with E-state index < -0.39 is 19.2 Å². The molecule has 200 valence electrons. The Morgan fingerprint density at radius 1 is 1.20 bits per heavy atom. The highest BCUT2D eigenvalue weighted by Crippen LogP contribution is 2.67. The summed E-state index contributed by atoms with van der Waals surface area (Å²) in [4.78, 5) is 17.5. The van der Waals surface area contributed by atoms with Crippen molar-refractivity contribution in [2.24, 2.45) is 40.4 Å². The second-order valence-corrected chi connectivity index (χ2v) is 12.5. The molecular weight excluding hydrogens is 455 g/mol. The number of amides is 1. The van der Waals surface area contributed by atoms with Crippen molar-refractivity contribution >= 4 is 5.91 Å². The Hall–Kier alpha value is -1.08. The van der Waals surface area contributed by atoms with E-state index in [-0.39, 0.29) is 22.8 Å². The Kier molecular flexibility index (Phi) is 7.70. The van der Waals surface area contributed by atoms with Gasteiger partial charge in [-0.3, -0.25) is 9.63 Å². The third kappa shape index (κ3) is 5.32. The van der Waals surface area contributed by atoms with E-state index in [4.69, 9.17) is 4.84 Å². The van der Waals surface area contributed by atoms with Gasteiger partial charge in [0.1, 0.15) is 0 Å². The Morgan fingerprint density at radius 3 is 2.66 bits per heavy atom. The van der Waals surface area contributed by atoms with Crippen LogP contribution in [-0.2, 0) is 9.63 Å². The van der Waals surface area contributed by atoms with E-state index in [1.54, 1.807) is 0 Å². The van der Waals surface area contributed by atoms with Crippen molar-refractivity contribution in [3.8, 4) is 0 Å². The number of fused-ring (bicyclic) bond motifs is 5. The quantitative estimate of drug-likeness (QED) is 0.314. The fourth-order valence-electron chi connectivity index (χ4n) is 8.70. The minimum absolute atomic E-state index is 0.173. The molecule has 0 saturated heterocycles. The van der Waals surface area contributed by atoms with Crippen LogP contribution in [-0.4, -0.2) is 42.0 Å². The number of halogens is 3. The number of aliphatic hydroxyl groups is 1. The highest BCUT2D eigenvalue weighted by atomic mass is 19.4. The zero-order valence-corrected chi connectivity index (χ0v) is 21.9. The summed E-state index contributed by atoms with van der Waals surface area (Å²) in [5.74, 6) is 2.85. The van der Waals surface area contributed by atoms with Crippen LogP contribution in [0.3, 0.4) is 0 Å². The van der Waals surface area contributed by atoms with Gasteiger partial charge in [-0.05, 0) is 98.2 Å². The minimum atomic E-state index is -4.28.